The average molecular weight is 392 g/mol. The van der Waals surface area contributed by atoms with Gasteiger partial charge in [-0.1, -0.05) is 44.2 Å². The first kappa shape index (κ1) is 22.3. The fourth-order valence-corrected chi connectivity index (χ4v) is 3.56. The molecule has 0 spiro atoms. The van der Waals surface area contributed by atoms with Crippen molar-refractivity contribution in [2.24, 2.45) is 5.92 Å². The number of carbonyl (C=O) groups is 2. The average Bonchev–Trinajstić information content (AvgIpc) is 2.61. The van der Waals surface area contributed by atoms with Gasteiger partial charge in [-0.05, 0) is 24.9 Å². The van der Waals surface area contributed by atoms with Crippen molar-refractivity contribution < 1.29 is 19.4 Å². The van der Waals surface area contributed by atoms with Crippen LogP contribution in [0, 0.1) is 5.92 Å². The van der Waals surface area contributed by atoms with Gasteiger partial charge in [0.05, 0.1) is 31.8 Å². The van der Waals surface area contributed by atoms with E-state index in [4.69, 9.17) is 9.84 Å². The number of nitrogens with zero attached hydrogens (tertiary/aromatic N) is 2. The standard InChI is InChI=1S/C21H33N3O4/c1-16(2)11-19(17-7-5-4-6-8-17)22-20(25)14-24-9-10-28-18(13-24)12-23(3)15-21(26)27/h4-8,16,18-19H,9-15H2,1-3H3,(H,22,25)(H,26,27). The van der Waals surface area contributed by atoms with E-state index in [2.05, 4.69) is 36.2 Å². The highest BCUT2D eigenvalue weighted by Crippen LogP contribution is 2.21. The number of benzene rings is 1. The molecule has 7 nitrogen and oxygen atoms in total. The Morgan fingerprint density at radius 2 is 2.04 bits per heavy atom. The molecule has 1 amide bonds. The molecule has 1 aromatic carbocycles. The molecule has 28 heavy (non-hydrogen) atoms. The van der Waals surface area contributed by atoms with Gasteiger partial charge in [0.2, 0.25) is 5.91 Å². The highest BCUT2D eigenvalue weighted by atomic mass is 16.5. The monoisotopic (exact) mass is 391 g/mol. The maximum Gasteiger partial charge on any atom is 0.317 e. The number of likely N-dealkylation sites (N-methyl/N-ethyl adjacent to an activating group) is 1. The number of hydrogen-bond donors (Lipinski definition) is 2. The molecular weight excluding hydrogens is 358 g/mol. The number of amides is 1. The SMILES string of the molecule is CC(C)CC(NC(=O)CN1CCOC(CN(C)CC(=O)O)C1)c1ccccc1. The molecule has 1 saturated heterocycles. The molecule has 1 aromatic rings. The van der Waals surface area contributed by atoms with Gasteiger partial charge >= 0.3 is 5.97 Å². The first-order chi connectivity index (χ1) is 13.3. The minimum atomic E-state index is -0.855. The van der Waals surface area contributed by atoms with Crippen molar-refractivity contribution in [1.29, 1.82) is 0 Å². The van der Waals surface area contributed by atoms with Crippen LogP contribution >= 0.6 is 0 Å². The first-order valence-corrected chi connectivity index (χ1v) is 9.92. The van der Waals surface area contributed by atoms with Gasteiger partial charge in [0.1, 0.15) is 0 Å². The summed E-state index contributed by atoms with van der Waals surface area (Å²) in [5.74, 6) is -0.372. The lowest BCUT2D eigenvalue weighted by atomic mass is 9.97. The minimum absolute atomic E-state index is 0.00670. The van der Waals surface area contributed by atoms with Gasteiger partial charge in [-0.2, -0.15) is 0 Å². The molecule has 0 radical (unpaired) electrons. The van der Waals surface area contributed by atoms with E-state index in [1.807, 2.05) is 18.2 Å². The van der Waals surface area contributed by atoms with E-state index in [1.54, 1.807) is 11.9 Å². The number of hydrogen-bond acceptors (Lipinski definition) is 5. The zero-order chi connectivity index (χ0) is 20.5. The molecule has 1 aliphatic rings. The fraction of sp³-hybridized carbons (Fsp3) is 0.619. The summed E-state index contributed by atoms with van der Waals surface area (Å²) in [5, 5.41) is 12.1. The van der Waals surface area contributed by atoms with E-state index < -0.39 is 5.97 Å². The Hall–Kier alpha value is -1.96. The molecule has 0 saturated carbocycles. The Kier molecular flexibility index (Phi) is 8.89. The van der Waals surface area contributed by atoms with Gasteiger partial charge < -0.3 is 15.2 Å². The Balaban J connectivity index is 1.87. The Morgan fingerprint density at radius 1 is 1.32 bits per heavy atom. The van der Waals surface area contributed by atoms with Crippen LogP contribution in [0.1, 0.15) is 31.9 Å². The van der Waals surface area contributed by atoms with Gasteiger partial charge in [-0.15, -0.1) is 0 Å². The fourth-order valence-electron chi connectivity index (χ4n) is 3.56. The van der Waals surface area contributed by atoms with Crippen molar-refractivity contribution >= 4 is 11.9 Å². The molecule has 2 N–H and O–H groups in total. The molecule has 0 bridgehead atoms. The van der Waals surface area contributed by atoms with Crippen LogP contribution in [-0.2, 0) is 14.3 Å². The quantitative estimate of drug-likeness (QED) is 0.631. The molecule has 1 aliphatic heterocycles. The van der Waals surface area contributed by atoms with Crippen molar-refractivity contribution in [3.8, 4) is 0 Å². The number of rotatable bonds is 10. The van der Waals surface area contributed by atoms with Crippen LogP contribution < -0.4 is 5.32 Å². The third-order valence-corrected chi connectivity index (χ3v) is 4.75. The molecule has 0 aromatic heterocycles. The lowest BCUT2D eigenvalue weighted by molar-refractivity contribution is -0.138. The molecule has 2 rings (SSSR count). The maximum absolute atomic E-state index is 12.7. The van der Waals surface area contributed by atoms with Crippen molar-refractivity contribution in [3.05, 3.63) is 35.9 Å². The summed E-state index contributed by atoms with van der Waals surface area (Å²) < 4.78 is 5.74. The molecule has 7 heteroatoms. The third-order valence-electron chi connectivity index (χ3n) is 4.75. The lowest BCUT2D eigenvalue weighted by Crippen LogP contribution is -2.50. The third kappa shape index (κ3) is 7.96. The summed E-state index contributed by atoms with van der Waals surface area (Å²) in [4.78, 5) is 27.3. The summed E-state index contributed by atoms with van der Waals surface area (Å²) in [5.41, 5.74) is 1.12. The summed E-state index contributed by atoms with van der Waals surface area (Å²) in [6.45, 7) is 7.02. The van der Waals surface area contributed by atoms with Crippen LogP contribution in [0.3, 0.4) is 0 Å². The summed E-state index contributed by atoms with van der Waals surface area (Å²) >= 11 is 0. The second-order valence-corrected chi connectivity index (χ2v) is 7.98. The van der Waals surface area contributed by atoms with Gasteiger partial charge in [0.15, 0.2) is 0 Å². The van der Waals surface area contributed by atoms with Gasteiger partial charge in [-0.25, -0.2) is 0 Å². The first-order valence-electron chi connectivity index (χ1n) is 9.92. The van der Waals surface area contributed by atoms with E-state index in [9.17, 15) is 9.59 Å². The van der Waals surface area contributed by atoms with Gasteiger partial charge in [-0.3, -0.25) is 19.4 Å². The van der Waals surface area contributed by atoms with Crippen LogP contribution in [0.15, 0.2) is 30.3 Å². The number of carbonyl (C=O) groups excluding carboxylic acids is 1. The van der Waals surface area contributed by atoms with E-state index in [0.717, 1.165) is 12.0 Å². The Morgan fingerprint density at radius 3 is 2.68 bits per heavy atom. The zero-order valence-electron chi connectivity index (χ0n) is 17.1. The van der Waals surface area contributed by atoms with Crippen molar-refractivity contribution in [1.82, 2.24) is 15.1 Å². The molecule has 0 aliphatic carbocycles. The summed E-state index contributed by atoms with van der Waals surface area (Å²) in [6.07, 6.45) is 0.799. The van der Waals surface area contributed by atoms with Crippen LogP contribution in [0.4, 0.5) is 0 Å². The number of aliphatic carboxylic acids is 1. The number of nitrogens with one attached hydrogen (secondary N) is 1. The summed E-state index contributed by atoms with van der Waals surface area (Å²) in [7, 11) is 1.76. The van der Waals surface area contributed by atoms with Crippen LogP contribution in [0.25, 0.3) is 0 Å². The van der Waals surface area contributed by atoms with E-state index >= 15 is 0 Å². The predicted octanol–water partition coefficient (Wildman–Crippen LogP) is 1.61. The second kappa shape index (κ2) is 11.1. The van der Waals surface area contributed by atoms with Crippen molar-refractivity contribution in [3.63, 3.8) is 0 Å². The number of carboxylic acids is 1. The van der Waals surface area contributed by atoms with Crippen molar-refractivity contribution in [2.75, 3.05) is 46.4 Å². The van der Waals surface area contributed by atoms with E-state index in [-0.39, 0.29) is 24.6 Å². The molecule has 156 valence electrons. The normalized spacial score (nSPS) is 19.0. The lowest BCUT2D eigenvalue weighted by Gasteiger charge is -2.34. The predicted molar refractivity (Wildman–Crippen MR) is 108 cm³/mol. The maximum atomic E-state index is 12.7. The van der Waals surface area contributed by atoms with Crippen LogP contribution in [0.2, 0.25) is 0 Å². The highest BCUT2D eigenvalue weighted by molar-refractivity contribution is 5.78. The van der Waals surface area contributed by atoms with Crippen LogP contribution in [0.5, 0.6) is 0 Å². The molecule has 2 atom stereocenters. The molecule has 2 unspecified atom stereocenters. The topological polar surface area (TPSA) is 82.1 Å². The van der Waals surface area contributed by atoms with Gasteiger partial charge in [0.25, 0.3) is 0 Å². The second-order valence-electron chi connectivity index (χ2n) is 7.98. The van der Waals surface area contributed by atoms with E-state index in [1.165, 1.54) is 0 Å². The summed E-state index contributed by atoms with van der Waals surface area (Å²) in [6, 6.07) is 10.1. The number of carboxylic acid groups (broad SMARTS) is 1. The zero-order valence-corrected chi connectivity index (χ0v) is 17.1. The molecule has 1 heterocycles. The minimum Gasteiger partial charge on any atom is -0.480 e. The molecule has 1 fully saturated rings. The van der Waals surface area contributed by atoms with Crippen LogP contribution in [-0.4, -0.2) is 79.3 Å². The van der Waals surface area contributed by atoms with E-state index in [0.29, 0.717) is 38.7 Å². The Bertz CT molecular complexity index is 623. The smallest absolute Gasteiger partial charge is 0.317 e. The Labute approximate surface area is 167 Å². The van der Waals surface area contributed by atoms with Gasteiger partial charge in [0, 0.05) is 19.6 Å². The highest BCUT2D eigenvalue weighted by Gasteiger charge is 2.25. The van der Waals surface area contributed by atoms with Crippen molar-refractivity contribution in [2.45, 2.75) is 32.4 Å². The largest absolute Gasteiger partial charge is 0.480 e. The number of morpholine rings is 1. The number of ether oxygens (including phenoxy) is 1. The molecular formula is C21H33N3O4.